The van der Waals surface area contributed by atoms with E-state index in [4.69, 9.17) is 23.4 Å². The Bertz CT molecular complexity index is 1090. The fourth-order valence-corrected chi connectivity index (χ4v) is 3.11. The van der Waals surface area contributed by atoms with Crippen molar-refractivity contribution >= 4 is 11.8 Å². The van der Waals surface area contributed by atoms with Crippen LogP contribution in [0.3, 0.4) is 0 Å². The Morgan fingerprint density at radius 1 is 1.10 bits per heavy atom. The lowest BCUT2D eigenvalue weighted by molar-refractivity contribution is -0.135. The van der Waals surface area contributed by atoms with E-state index in [0.29, 0.717) is 40.0 Å². The van der Waals surface area contributed by atoms with Crippen molar-refractivity contribution in [1.29, 1.82) is 0 Å². The number of hydrazone groups is 1. The fraction of sp³-hybridized carbons (Fsp3) is 0.250. The average molecular weight is 412 g/mol. The standard InChI is InChI=1S/C20H20N4O6/c1-11(25)24-20(12-8-17(27-3)18(28-4)10-16(12)26-2)30-19(23-24)14-9-13(21-22-14)15-6-5-7-29-15/h5-10,20H,1-4H3,(H,21,22). The Kier molecular flexibility index (Phi) is 5.05. The number of carbonyl (C=O) groups is 1. The van der Waals surface area contributed by atoms with Crippen LogP contribution in [0.4, 0.5) is 0 Å². The third kappa shape index (κ3) is 3.32. The van der Waals surface area contributed by atoms with E-state index in [2.05, 4.69) is 15.3 Å². The Balaban J connectivity index is 1.70. The highest BCUT2D eigenvalue weighted by molar-refractivity contribution is 5.95. The summed E-state index contributed by atoms with van der Waals surface area (Å²) in [5, 5.41) is 12.6. The van der Waals surface area contributed by atoms with Gasteiger partial charge < -0.3 is 23.4 Å². The molecule has 30 heavy (non-hydrogen) atoms. The molecular formula is C20H20N4O6. The van der Waals surface area contributed by atoms with Gasteiger partial charge >= 0.3 is 0 Å². The van der Waals surface area contributed by atoms with E-state index >= 15 is 0 Å². The van der Waals surface area contributed by atoms with Gasteiger partial charge in [0.1, 0.15) is 17.1 Å². The summed E-state index contributed by atoms with van der Waals surface area (Å²) in [5.41, 5.74) is 1.63. The largest absolute Gasteiger partial charge is 0.496 e. The Morgan fingerprint density at radius 2 is 1.83 bits per heavy atom. The molecule has 1 aliphatic heterocycles. The first-order valence-corrected chi connectivity index (χ1v) is 9.00. The summed E-state index contributed by atoms with van der Waals surface area (Å²) in [6.45, 7) is 1.40. The highest BCUT2D eigenvalue weighted by Gasteiger charge is 2.36. The molecule has 0 bridgehead atoms. The summed E-state index contributed by atoms with van der Waals surface area (Å²) in [6.07, 6.45) is 0.701. The molecule has 1 N–H and O–H groups in total. The van der Waals surface area contributed by atoms with Crippen molar-refractivity contribution in [2.75, 3.05) is 21.3 Å². The molecule has 10 heteroatoms. The van der Waals surface area contributed by atoms with Crippen molar-refractivity contribution < 1.29 is 28.2 Å². The lowest BCUT2D eigenvalue weighted by Crippen LogP contribution is -2.25. The molecule has 0 spiro atoms. The summed E-state index contributed by atoms with van der Waals surface area (Å²) in [4.78, 5) is 12.3. The van der Waals surface area contributed by atoms with Crippen LogP contribution in [0.1, 0.15) is 24.4 Å². The SMILES string of the molecule is COc1cc(OC)c(C2OC(c3cc(-c4ccco4)n[nH]3)=NN2C(C)=O)cc1OC. The molecule has 0 fully saturated rings. The number of hydrogen-bond donors (Lipinski definition) is 1. The summed E-state index contributed by atoms with van der Waals surface area (Å²) in [5.74, 6) is 1.91. The molecule has 3 heterocycles. The molecule has 0 radical (unpaired) electrons. The van der Waals surface area contributed by atoms with Gasteiger partial charge in [-0.05, 0) is 18.2 Å². The molecule has 1 aliphatic rings. The minimum absolute atomic E-state index is 0.206. The van der Waals surface area contributed by atoms with E-state index in [9.17, 15) is 4.79 Å². The number of furan rings is 1. The summed E-state index contributed by atoms with van der Waals surface area (Å²) < 4.78 is 27.6. The van der Waals surface area contributed by atoms with Crippen LogP contribution < -0.4 is 14.2 Å². The summed E-state index contributed by atoms with van der Waals surface area (Å²) >= 11 is 0. The number of methoxy groups -OCH3 is 3. The molecule has 3 aromatic rings. The molecule has 2 aromatic heterocycles. The molecule has 1 amide bonds. The van der Waals surface area contributed by atoms with Gasteiger partial charge in [-0.1, -0.05) is 0 Å². The van der Waals surface area contributed by atoms with E-state index < -0.39 is 6.23 Å². The molecule has 1 aromatic carbocycles. The second-order valence-electron chi connectivity index (χ2n) is 6.33. The van der Waals surface area contributed by atoms with Gasteiger partial charge in [-0.3, -0.25) is 9.89 Å². The number of aromatic nitrogens is 2. The summed E-state index contributed by atoms with van der Waals surface area (Å²) in [6, 6.07) is 8.64. The average Bonchev–Trinajstić information content (AvgIpc) is 3.51. The minimum atomic E-state index is -0.859. The van der Waals surface area contributed by atoms with E-state index in [0.717, 1.165) is 0 Å². The molecule has 156 valence electrons. The van der Waals surface area contributed by atoms with Gasteiger partial charge in [0.2, 0.25) is 12.1 Å². The molecule has 0 saturated heterocycles. The van der Waals surface area contributed by atoms with Gasteiger partial charge in [0.05, 0.1) is 33.2 Å². The zero-order valence-electron chi connectivity index (χ0n) is 16.8. The van der Waals surface area contributed by atoms with Crippen molar-refractivity contribution in [3.8, 4) is 28.7 Å². The van der Waals surface area contributed by atoms with Crippen LogP contribution in [-0.4, -0.2) is 48.3 Å². The lowest BCUT2D eigenvalue weighted by Gasteiger charge is -2.22. The van der Waals surface area contributed by atoms with Crippen molar-refractivity contribution in [2.24, 2.45) is 5.10 Å². The highest BCUT2D eigenvalue weighted by atomic mass is 16.5. The zero-order chi connectivity index (χ0) is 21.3. The number of hydrogen-bond acceptors (Lipinski definition) is 8. The maximum atomic E-state index is 12.3. The van der Waals surface area contributed by atoms with E-state index in [1.54, 1.807) is 36.6 Å². The predicted octanol–water partition coefficient (Wildman–Crippen LogP) is 2.93. The lowest BCUT2D eigenvalue weighted by atomic mass is 10.1. The van der Waals surface area contributed by atoms with Crippen molar-refractivity contribution in [3.05, 3.63) is 47.9 Å². The number of rotatable bonds is 6. The maximum absolute atomic E-state index is 12.3. The summed E-state index contributed by atoms with van der Waals surface area (Å²) in [7, 11) is 4.57. The predicted molar refractivity (Wildman–Crippen MR) is 105 cm³/mol. The number of H-pyrrole nitrogens is 1. The van der Waals surface area contributed by atoms with Gasteiger partial charge in [-0.15, -0.1) is 5.10 Å². The normalized spacial score (nSPS) is 15.5. The van der Waals surface area contributed by atoms with Gasteiger partial charge in [0.25, 0.3) is 5.90 Å². The number of benzene rings is 1. The number of nitrogens with zero attached hydrogens (tertiary/aromatic N) is 3. The third-order valence-electron chi connectivity index (χ3n) is 4.55. The molecule has 1 atom stereocenters. The van der Waals surface area contributed by atoms with Crippen LogP contribution in [0.5, 0.6) is 17.2 Å². The smallest absolute Gasteiger partial charge is 0.259 e. The number of carbonyl (C=O) groups excluding carboxylic acids is 1. The van der Waals surface area contributed by atoms with Gasteiger partial charge in [0, 0.05) is 19.1 Å². The van der Waals surface area contributed by atoms with Crippen LogP contribution in [0.25, 0.3) is 11.5 Å². The molecule has 10 nitrogen and oxygen atoms in total. The first-order valence-electron chi connectivity index (χ1n) is 9.00. The first kappa shape index (κ1) is 19.4. The second kappa shape index (κ2) is 7.82. The van der Waals surface area contributed by atoms with Crippen LogP contribution >= 0.6 is 0 Å². The highest BCUT2D eigenvalue weighted by Crippen LogP contribution is 2.41. The third-order valence-corrected chi connectivity index (χ3v) is 4.55. The Hall–Kier alpha value is -3.95. The monoisotopic (exact) mass is 412 g/mol. The topological polar surface area (TPSA) is 111 Å². The zero-order valence-corrected chi connectivity index (χ0v) is 16.8. The van der Waals surface area contributed by atoms with Gasteiger partial charge in [0.15, 0.2) is 17.3 Å². The van der Waals surface area contributed by atoms with Crippen molar-refractivity contribution in [3.63, 3.8) is 0 Å². The van der Waals surface area contributed by atoms with E-state index in [1.165, 1.54) is 33.3 Å². The number of aromatic amines is 1. The van der Waals surface area contributed by atoms with Gasteiger partial charge in [-0.25, -0.2) is 0 Å². The molecule has 1 unspecified atom stereocenters. The fourth-order valence-electron chi connectivity index (χ4n) is 3.11. The van der Waals surface area contributed by atoms with Crippen LogP contribution in [-0.2, 0) is 9.53 Å². The van der Waals surface area contributed by atoms with E-state index in [-0.39, 0.29) is 11.8 Å². The Labute approximate surface area is 172 Å². The molecule has 4 rings (SSSR count). The van der Waals surface area contributed by atoms with Crippen molar-refractivity contribution in [1.82, 2.24) is 15.2 Å². The van der Waals surface area contributed by atoms with Gasteiger partial charge in [-0.2, -0.15) is 10.1 Å². The quantitative estimate of drug-likeness (QED) is 0.662. The number of nitrogens with one attached hydrogen (secondary N) is 1. The van der Waals surface area contributed by atoms with Crippen LogP contribution in [0.15, 0.2) is 46.1 Å². The number of amides is 1. The molecular weight excluding hydrogens is 392 g/mol. The number of ether oxygens (including phenoxy) is 4. The molecule has 0 aliphatic carbocycles. The maximum Gasteiger partial charge on any atom is 0.259 e. The minimum Gasteiger partial charge on any atom is -0.496 e. The van der Waals surface area contributed by atoms with E-state index in [1.807, 2.05) is 0 Å². The van der Waals surface area contributed by atoms with Crippen LogP contribution in [0, 0.1) is 0 Å². The molecule has 0 saturated carbocycles. The van der Waals surface area contributed by atoms with Crippen LogP contribution in [0.2, 0.25) is 0 Å². The Morgan fingerprint density at radius 3 is 2.47 bits per heavy atom. The van der Waals surface area contributed by atoms with Crippen molar-refractivity contribution in [2.45, 2.75) is 13.2 Å². The second-order valence-corrected chi connectivity index (χ2v) is 6.33. The first-order chi connectivity index (χ1) is 14.5.